The Labute approximate surface area is 159 Å². The summed E-state index contributed by atoms with van der Waals surface area (Å²) in [6, 6.07) is 14.8. The first-order chi connectivity index (χ1) is 12.7. The Bertz CT molecular complexity index is 756. The average molecular weight is 371 g/mol. The van der Waals surface area contributed by atoms with Crippen molar-refractivity contribution in [1.82, 2.24) is 10.2 Å². The zero-order valence-electron chi connectivity index (χ0n) is 14.7. The first-order valence-electron chi connectivity index (χ1n) is 9.22. The number of carbonyl (C=O) groups excluding carboxylic acids is 1. The second-order valence-electron chi connectivity index (χ2n) is 7.23. The van der Waals surface area contributed by atoms with Crippen molar-refractivity contribution in [2.24, 2.45) is 5.92 Å². The summed E-state index contributed by atoms with van der Waals surface area (Å²) in [6.07, 6.45) is 3.63. The molecule has 0 aromatic heterocycles. The first-order valence-corrected chi connectivity index (χ1v) is 9.60. The van der Waals surface area contributed by atoms with Crippen LogP contribution in [0.4, 0.5) is 0 Å². The van der Waals surface area contributed by atoms with Crippen molar-refractivity contribution < 1.29 is 9.53 Å². The maximum atomic E-state index is 12.6. The van der Waals surface area contributed by atoms with Gasteiger partial charge in [0.15, 0.2) is 0 Å². The molecule has 136 valence electrons. The minimum Gasteiger partial charge on any atom is -0.457 e. The predicted molar refractivity (Wildman–Crippen MR) is 103 cm³/mol. The molecule has 5 rings (SSSR count). The van der Waals surface area contributed by atoms with E-state index in [1.807, 2.05) is 24.3 Å². The van der Waals surface area contributed by atoms with Crippen molar-refractivity contribution in [1.29, 1.82) is 0 Å². The smallest absolute Gasteiger partial charge is 0.251 e. The van der Waals surface area contributed by atoms with E-state index in [1.165, 1.54) is 25.9 Å². The van der Waals surface area contributed by atoms with Crippen LogP contribution in [0, 0.1) is 5.92 Å². The lowest BCUT2D eigenvalue weighted by Gasteiger charge is -2.26. The highest BCUT2D eigenvalue weighted by Gasteiger charge is 2.29. The first kappa shape index (κ1) is 17.4. The van der Waals surface area contributed by atoms with Crippen LogP contribution in [0.1, 0.15) is 29.6 Å². The maximum Gasteiger partial charge on any atom is 0.251 e. The fourth-order valence-electron chi connectivity index (χ4n) is 3.91. The third kappa shape index (κ3) is 4.19. The van der Waals surface area contributed by atoms with Gasteiger partial charge in [-0.3, -0.25) is 4.79 Å². The van der Waals surface area contributed by atoms with Crippen molar-refractivity contribution in [2.45, 2.75) is 25.3 Å². The quantitative estimate of drug-likeness (QED) is 0.870. The molecule has 4 nitrogen and oxygen atoms in total. The number of benzene rings is 2. The van der Waals surface area contributed by atoms with Gasteiger partial charge in [-0.25, -0.2) is 0 Å². The molecule has 3 aliphatic heterocycles. The lowest BCUT2D eigenvalue weighted by molar-refractivity contribution is 0.0929. The Hall–Kier alpha value is -2.04. The molecule has 1 N–H and O–H groups in total. The van der Waals surface area contributed by atoms with Crippen LogP contribution >= 0.6 is 11.6 Å². The van der Waals surface area contributed by atoms with E-state index in [-0.39, 0.29) is 11.9 Å². The summed E-state index contributed by atoms with van der Waals surface area (Å²) in [5.41, 5.74) is 0.662. The van der Waals surface area contributed by atoms with Crippen LogP contribution in [0.2, 0.25) is 5.02 Å². The second-order valence-corrected chi connectivity index (χ2v) is 7.67. The van der Waals surface area contributed by atoms with E-state index in [0.717, 1.165) is 18.9 Å². The summed E-state index contributed by atoms with van der Waals surface area (Å²) in [4.78, 5) is 15.1. The predicted octanol–water partition coefficient (Wildman–Crippen LogP) is 4.35. The van der Waals surface area contributed by atoms with Crippen molar-refractivity contribution >= 4 is 17.5 Å². The summed E-state index contributed by atoms with van der Waals surface area (Å²) in [5.74, 6) is 2.11. The third-order valence-corrected chi connectivity index (χ3v) is 5.52. The van der Waals surface area contributed by atoms with E-state index in [4.69, 9.17) is 16.3 Å². The number of hydrogen-bond acceptors (Lipinski definition) is 3. The highest BCUT2D eigenvalue weighted by molar-refractivity contribution is 6.30. The van der Waals surface area contributed by atoms with Gasteiger partial charge in [0.1, 0.15) is 11.5 Å². The van der Waals surface area contributed by atoms with Crippen LogP contribution in [0.5, 0.6) is 11.5 Å². The molecular weight excluding hydrogens is 348 g/mol. The molecule has 3 fully saturated rings. The third-order valence-electron chi connectivity index (χ3n) is 5.29. The van der Waals surface area contributed by atoms with Gasteiger partial charge in [-0.05, 0) is 80.7 Å². The molecule has 3 saturated heterocycles. The van der Waals surface area contributed by atoms with E-state index >= 15 is 0 Å². The molecule has 0 spiro atoms. The molecule has 2 bridgehead atoms. The molecule has 0 radical (unpaired) electrons. The van der Waals surface area contributed by atoms with E-state index in [2.05, 4.69) is 10.2 Å². The SMILES string of the molecule is O=C(NC1CC2CCN(CC2)C1)c1ccc(Oc2cccc(Cl)c2)cc1. The van der Waals surface area contributed by atoms with Gasteiger partial charge in [-0.1, -0.05) is 17.7 Å². The van der Waals surface area contributed by atoms with E-state index in [9.17, 15) is 4.79 Å². The normalized spacial score (nSPS) is 24.7. The standard InChI is InChI=1S/C21H23ClN2O2/c22-17-2-1-3-20(13-17)26-19-6-4-16(5-7-19)21(25)23-18-12-15-8-10-24(14-18)11-9-15/h1-7,13,15,18H,8-12,14H2,(H,23,25). The van der Waals surface area contributed by atoms with Gasteiger partial charge in [0.25, 0.3) is 5.91 Å². The van der Waals surface area contributed by atoms with Crippen LogP contribution in [-0.4, -0.2) is 36.5 Å². The maximum absolute atomic E-state index is 12.6. The second kappa shape index (κ2) is 7.68. The van der Waals surface area contributed by atoms with Gasteiger partial charge in [0.2, 0.25) is 0 Å². The lowest BCUT2D eigenvalue weighted by Crippen LogP contribution is -2.41. The zero-order valence-corrected chi connectivity index (χ0v) is 15.4. The number of fused-ring (bicyclic) bond motifs is 4. The molecule has 0 aliphatic carbocycles. The minimum atomic E-state index is -0.00759. The van der Waals surface area contributed by atoms with Crippen LogP contribution in [-0.2, 0) is 0 Å². The fourth-order valence-corrected chi connectivity index (χ4v) is 4.09. The van der Waals surface area contributed by atoms with Gasteiger partial charge in [-0.2, -0.15) is 0 Å². The molecule has 5 heteroatoms. The number of halogens is 1. The minimum absolute atomic E-state index is 0.00759. The van der Waals surface area contributed by atoms with Crippen molar-refractivity contribution in [3.05, 3.63) is 59.1 Å². The molecule has 26 heavy (non-hydrogen) atoms. The van der Waals surface area contributed by atoms with Crippen LogP contribution in [0.25, 0.3) is 0 Å². The Morgan fingerprint density at radius 2 is 1.85 bits per heavy atom. The molecule has 2 aromatic carbocycles. The summed E-state index contributed by atoms with van der Waals surface area (Å²) < 4.78 is 5.77. The number of carbonyl (C=O) groups is 1. The van der Waals surface area contributed by atoms with Crippen LogP contribution < -0.4 is 10.1 Å². The number of amides is 1. The largest absolute Gasteiger partial charge is 0.457 e. The molecule has 1 atom stereocenters. The number of hydrogen-bond donors (Lipinski definition) is 1. The van der Waals surface area contributed by atoms with Gasteiger partial charge >= 0.3 is 0 Å². The lowest BCUT2D eigenvalue weighted by atomic mass is 9.94. The number of rotatable bonds is 4. The summed E-state index contributed by atoms with van der Waals surface area (Å²) in [7, 11) is 0. The molecule has 3 heterocycles. The van der Waals surface area contributed by atoms with Crippen LogP contribution in [0.15, 0.2) is 48.5 Å². The summed E-state index contributed by atoms with van der Waals surface area (Å²) in [6.45, 7) is 3.32. The highest BCUT2D eigenvalue weighted by Crippen LogP contribution is 2.27. The van der Waals surface area contributed by atoms with E-state index in [1.54, 1.807) is 24.3 Å². The Balaban J connectivity index is 1.37. The van der Waals surface area contributed by atoms with Crippen molar-refractivity contribution in [2.75, 3.05) is 19.6 Å². The molecule has 1 unspecified atom stereocenters. The topological polar surface area (TPSA) is 41.6 Å². The van der Waals surface area contributed by atoms with Gasteiger partial charge in [-0.15, -0.1) is 0 Å². The fraction of sp³-hybridized carbons (Fsp3) is 0.381. The monoisotopic (exact) mass is 370 g/mol. The van der Waals surface area contributed by atoms with E-state index < -0.39 is 0 Å². The van der Waals surface area contributed by atoms with Gasteiger partial charge < -0.3 is 15.0 Å². The molecular formula is C21H23ClN2O2. The van der Waals surface area contributed by atoms with Crippen molar-refractivity contribution in [3.63, 3.8) is 0 Å². The van der Waals surface area contributed by atoms with E-state index in [0.29, 0.717) is 22.1 Å². The number of nitrogens with zero attached hydrogens (tertiary/aromatic N) is 1. The highest BCUT2D eigenvalue weighted by atomic mass is 35.5. The van der Waals surface area contributed by atoms with Crippen molar-refractivity contribution in [3.8, 4) is 11.5 Å². The number of ether oxygens (including phenoxy) is 1. The molecule has 0 saturated carbocycles. The van der Waals surface area contributed by atoms with Crippen LogP contribution in [0.3, 0.4) is 0 Å². The Morgan fingerprint density at radius 1 is 1.08 bits per heavy atom. The Kier molecular flexibility index (Phi) is 5.14. The van der Waals surface area contributed by atoms with Gasteiger partial charge in [0.05, 0.1) is 0 Å². The molecule has 1 amide bonds. The molecule has 3 aliphatic rings. The molecule has 2 aromatic rings. The zero-order chi connectivity index (χ0) is 17.9. The number of nitrogens with one attached hydrogen (secondary N) is 1. The summed E-state index contributed by atoms with van der Waals surface area (Å²) >= 11 is 5.97. The average Bonchev–Trinajstić information content (AvgIpc) is 2.94. The Morgan fingerprint density at radius 3 is 2.58 bits per heavy atom. The van der Waals surface area contributed by atoms with Gasteiger partial charge in [0, 0.05) is 23.2 Å². The number of piperidine rings is 1. The summed E-state index contributed by atoms with van der Waals surface area (Å²) in [5, 5.41) is 3.84.